The number of thiazole rings is 1. The van der Waals surface area contributed by atoms with Crippen LogP contribution in [0.15, 0.2) is 23.6 Å². The van der Waals surface area contributed by atoms with E-state index in [2.05, 4.69) is 42.4 Å². The predicted molar refractivity (Wildman–Crippen MR) is 71.4 cm³/mol. The lowest BCUT2D eigenvalue weighted by molar-refractivity contribution is 1.07. The molecular formula is C13H14ClNS. The van der Waals surface area contributed by atoms with E-state index >= 15 is 0 Å². The Morgan fingerprint density at radius 3 is 2.81 bits per heavy atom. The molecule has 0 amide bonds. The molecule has 0 fully saturated rings. The van der Waals surface area contributed by atoms with Gasteiger partial charge in [0, 0.05) is 23.2 Å². The minimum Gasteiger partial charge on any atom is -0.241 e. The van der Waals surface area contributed by atoms with E-state index in [0.717, 1.165) is 17.1 Å². The molecule has 2 rings (SSSR count). The Balaban J connectivity index is 2.35. The van der Waals surface area contributed by atoms with E-state index in [-0.39, 0.29) is 0 Å². The van der Waals surface area contributed by atoms with Crippen LogP contribution < -0.4 is 0 Å². The zero-order chi connectivity index (χ0) is 11.5. The third-order valence-corrected chi connectivity index (χ3v) is 3.63. The summed E-state index contributed by atoms with van der Waals surface area (Å²) < 4.78 is 0. The first kappa shape index (κ1) is 11.6. The van der Waals surface area contributed by atoms with Crippen LogP contribution >= 0.6 is 22.9 Å². The number of hydrogen-bond acceptors (Lipinski definition) is 2. The largest absolute Gasteiger partial charge is 0.241 e. The number of benzene rings is 1. The van der Waals surface area contributed by atoms with Gasteiger partial charge in [0.15, 0.2) is 0 Å². The number of nitrogens with zero attached hydrogens (tertiary/aromatic N) is 1. The third kappa shape index (κ3) is 2.45. The van der Waals surface area contributed by atoms with Gasteiger partial charge in [0.2, 0.25) is 0 Å². The summed E-state index contributed by atoms with van der Waals surface area (Å²) in [5.74, 6) is 0.635. The van der Waals surface area contributed by atoms with Crippen LogP contribution in [0.25, 0.3) is 10.6 Å². The summed E-state index contributed by atoms with van der Waals surface area (Å²) in [7, 11) is 0. The molecule has 0 N–H and O–H groups in total. The highest BCUT2D eigenvalue weighted by molar-refractivity contribution is 7.13. The summed E-state index contributed by atoms with van der Waals surface area (Å²) in [4.78, 5) is 4.59. The maximum atomic E-state index is 5.71. The van der Waals surface area contributed by atoms with Crippen molar-refractivity contribution < 1.29 is 0 Å². The minimum atomic E-state index is 0.635. The van der Waals surface area contributed by atoms with Gasteiger partial charge in [0.1, 0.15) is 5.01 Å². The molecule has 0 unspecified atom stereocenters. The molecular weight excluding hydrogens is 238 g/mol. The first-order chi connectivity index (χ1) is 7.70. The molecule has 0 aliphatic rings. The van der Waals surface area contributed by atoms with Crippen molar-refractivity contribution in [2.24, 2.45) is 0 Å². The number of aryl methyl sites for hydroxylation is 3. The normalized spacial score (nSPS) is 10.7. The molecule has 0 atom stereocenters. The van der Waals surface area contributed by atoms with Crippen LogP contribution in [0.5, 0.6) is 0 Å². The van der Waals surface area contributed by atoms with Crippen LogP contribution in [0.3, 0.4) is 0 Å². The van der Waals surface area contributed by atoms with Gasteiger partial charge in [-0.15, -0.1) is 22.9 Å². The van der Waals surface area contributed by atoms with E-state index in [0.29, 0.717) is 5.88 Å². The fraction of sp³-hybridized carbons (Fsp3) is 0.308. The number of rotatable bonds is 3. The topological polar surface area (TPSA) is 12.9 Å². The molecule has 1 heterocycles. The van der Waals surface area contributed by atoms with Crippen LogP contribution in [0.2, 0.25) is 0 Å². The van der Waals surface area contributed by atoms with Crippen LogP contribution in [-0.2, 0) is 6.42 Å². The van der Waals surface area contributed by atoms with Crippen molar-refractivity contribution in [3.63, 3.8) is 0 Å². The van der Waals surface area contributed by atoms with Crippen molar-refractivity contribution in [3.8, 4) is 10.6 Å². The maximum absolute atomic E-state index is 5.71. The molecule has 84 valence electrons. The number of alkyl halides is 1. The molecule has 0 spiro atoms. The van der Waals surface area contributed by atoms with Crippen LogP contribution in [-0.4, -0.2) is 10.9 Å². The Bertz CT molecular complexity index is 490. The summed E-state index contributed by atoms with van der Waals surface area (Å²) in [5, 5.41) is 3.19. The molecule has 0 saturated heterocycles. The highest BCUT2D eigenvalue weighted by atomic mass is 35.5. The molecule has 0 saturated carbocycles. The van der Waals surface area contributed by atoms with Crippen LogP contribution in [0, 0.1) is 13.8 Å². The fourth-order valence-corrected chi connectivity index (χ4v) is 2.83. The van der Waals surface area contributed by atoms with Gasteiger partial charge in [-0.3, -0.25) is 0 Å². The van der Waals surface area contributed by atoms with E-state index in [9.17, 15) is 0 Å². The SMILES string of the molecule is Cc1ccc(-c2nc(CCCl)cs2)c(C)c1. The van der Waals surface area contributed by atoms with Gasteiger partial charge in [-0.2, -0.15) is 0 Å². The first-order valence-electron chi connectivity index (χ1n) is 5.28. The van der Waals surface area contributed by atoms with Gasteiger partial charge >= 0.3 is 0 Å². The van der Waals surface area contributed by atoms with Gasteiger partial charge in [-0.05, 0) is 19.4 Å². The smallest absolute Gasteiger partial charge is 0.123 e. The zero-order valence-corrected chi connectivity index (χ0v) is 11.0. The highest BCUT2D eigenvalue weighted by Gasteiger charge is 2.07. The van der Waals surface area contributed by atoms with Crippen molar-refractivity contribution in [1.29, 1.82) is 0 Å². The number of aromatic nitrogens is 1. The maximum Gasteiger partial charge on any atom is 0.123 e. The second-order valence-electron chi connectivity index (χ2n) is 3.90. The second-order valence-corrected chi connectivity index (χ2v) is 5.14. The second kappa shape index (κ2) is 4.98. The predicted octanol–water partition coefficient (Wildman–Crippen LogP) is 4.21. The van der Waals surface area contributed by atoms with Gasteiger partial charge in [0.25, 0.3) is 0 Å². The van der Waals surface area contributed by atoms with Crippen molar-refractivity contribution in [1.82, 2.24) is 4.98 Å². The molecule has 0 aliphatic heterocycles. The molecule has 0 radical (unpaired) electrons. The summed E-state index contributed by atoms with van der Waals surface area (Å²) in [6.07, 6.45) is 0.850. The van der Waals surface area contributed by atoms with Crippen molar-refractivity contribution in [2.45, 2.75) is 20.3 Å². The lowest BCUT2D eigenvalue weighted by Crippen LogP contribution is -1.87. The molecule has 0 aliphatic carbocycles. The average molecular weight is 252 g/mol. The lowest BCUT2D eigenvalue weighted by Gasteiger charge is -2.02. The van der Waals surface area contributed by atoms with E-state index < -0.39 is 0 Å². The quantitative estimate of drug-likeness (QED) is 0.745. The Morgan fingerprint density at radius 2 is 2.12 bits per heavy atom. The third-order valence-electron chi connectivity index (χ3n) is 2.51. The zero-order valence-electron chi connectivity index (χ0n) is 9.46. The molecule has 1 aromatic carbocycles. The molecule has 1 aromatic heterocycles. The molecule has 0 bridgehead atoms. The monoisotopic (exact) mass is 251 g/mol. The number of halogens is 1. The molecule has 2 aromatic rings. The molecule has 16 heavy (non-hydrogen) atoms. The molecule has 1 nitrogen and oxygen atoms in total. The lowest BCUT2D eigenvalue weighted by atomic mass is 10.1. The van der Waals surface area contributed by atoms with Crippen molar-refractivity contribution >= 4 is 22.9 Å². The number of hydrogen-bond donors (Lipinski definition) is 0. The minimum absolute atomic E-state index is 0.635. The van der Waals surface area contributed by atoms with E-state index in [1.165, 1.54) is 16.7 Å². The standard InChI is InChI=1S/C13H14ClNS/c1-9-3-4-12(10(2)7-9)13-15-11(5-6-14)8-16-13/h3-4,7-8H,5-6H2,1-2H3. The van der Waals surface area contributed by atoms with Crippen LogP contribution in [0.1, 0.15) is 16.8 Å². The summed E-state index contributed by atoms with van der Waals surface area (Å²) in [6, 6.07) is 6.47. The van der Waals surface area contributed by atoms with E-state index in [1.807, 2.05) is 0 Å². The van der Waals surface area contributed by atoms with E-state index in [1.54, 1.807) is 11.3 Å². The highest BCUT2D eigenvalue weighted by Crippen LogP contribution is 2.27. The Labute approximate surface area is 105 Å². The average Bonchev–Trinajstić information content (AvgIpc) is 2.67. The van der Waals surface area contributed by atoms with Gasteiger partial charge in [-0.25, -0.2) is 4.98 Å². The Kier molecular flexibility index (Phi) is 3.62. The summed E-state index contributed by atoms with van der Waals surface area (Å²) in [5.41, 5.74) is 4.90. The first-order valence-corrected chi connectivity index (χ1v) is 6.70. The van der Waals surface area contributed by atoms with Gasteiger partial charge < -0.3 is 0 Å². The molecule has 3 heteroatoms. The Hall–Kier alpha value is -0.860. The Morgan fingerprint density at radius 1 is 1.31 bits per heavy atom. The van der Waals surface area contributed by atoms with Gasteiger partial charge in [-0.1, -0.05) is 23.8 Å². The summed E-state index contributed by atoms with van der Waals surface area (Å²) in [6.45, 7) is 4.24. The summed E-state index contributed by atoms with van der Waals surface area (Å²) >= 11 is 7.40. The van der Waals surface area contributed by atoms with Gasteiger partial charge in [0.05, 0.1) is 5.69 Å². The van der Waals surface area contributed by atoms with Crippen molar-refractivity contribution in [2.75, 3.05) is 5.88 Å². The fourth-order valence-electron chi connectivity index (χ4n) is 1.70. The van der Waals surface area contributed by atoms with Crippen LogP contribution in [0.4, 0.5) is 0 Å². The van der Waals surface area contributed by atoms with Crippen molar-refractivity contribution in [3.05, 3.63) is 40.4 Å². The van der Waals surface area contributed by atoms with E-state index in [4.69, 9.17) is 11.6 Å².